The van der Waals surface area contributed by atoms with Gasteiger partial charge in [0, 0.05) is 31.8 Å². The quantitative estimate of drug-likeness (QED) is 0.322. The van der Waals surface area contributed by atoms with Gasteiger partial charge in [-0.05, 0) is 24.5 Å². The highest BCUT2D eigenvalue weighted by Gasteiger charge is 2.29. The van der Waals surface area contributed by atoms with Crippen molar-refractivity contribution in [3.63, 3.8) is 0 Å². The summed E-state index contributed by atoms with van der Waals surface area (Å²) in [6.45, 7) is 6.69. The Morgan fingerprint density at radius 1 is 1.13 bits per heavy atom. The van der Waals surface area contributed by atoms with Gasteiger partial charge in [-0.3, -0.25) is 4.79 Å². The van der Waals surface area contributed by atoms with Gasteiger partial charge in [0.2, 0.25) is 0 Å². The summed E-state index contributed by atoms with van der Waals surface area (Å²) in [7, 11) is 0. The molecule has 3 aromatic rings. The number of aromatic nitrogens is 2. The molecule has 0 radical (unpaired) electrons. The number of carbonyl (C=O) groups is 1. The molecule has 0 aliphatic carbocycles. The van der Waals surface area contributed by atoms with E-state index < -0.39 is 5.91 Å². The summed E-state index contributed by atoms with van der Waals surface area (Å²) >= 11 is 0. The molecule has 0 saturated carbocycles. The number of aliphatic hydroxyl groups excluding tert-OH is 1. The summed E-state index contributed by atoms with van der Waals surface area (Å²) in [6.07, 6.45) is 0. The van der Waals surface area contributed by atoms with Gasteiger partial charge in [-0.1, -0.05) is 24.2 Å². The molecule has 0 unspecified atom stereocenters. The Morgan fingerprint density at radius 2 is 1.90 bits per heavy atom. The zero-order chi connectivity index (χ0) is 22.5. The summed E-state index contributed by atoms with van der Waals surface area (Å²) < 4.78 is 10.9. The molecule has 1 amide bonds. The van der Waals surface area contributed by atoms with Crippen molar-refractivity contribution in [2.24, 2.45) is 0 Å². The van der Waals surface area contributed by atoms with Crippen LogP contribution in [0.4, 0.5) is 0 Å². The zero-order valence-corrected chi connectivity index (χ0v) is 17.6. The number of phenols is 2. The maximum atomic E-state index is 12.6. The monoisotopic (exact) mass is 430 g/mol. The van der Waals surface area contributed by atoms with E-state index in [1.807, 2.05) is 13.8 Å². The highest BCUT2D eigenvalue weighted by atomic mass is 16.5. The van der Waals surface area contributed by atoms with Crippen LogP contribution in [0.3, 0.4) is 0 Å². The van der Waals surface area contributed by atoms with Crippen molar-refractivity contribution in [3.8, 4) is 34.1 Å². The molecule has 0 aliphatic rings. The molecule has 1 aromatic carbocycles. The Hall–Kier alpha value is -3.37. The summed E-state index contributed by atoms with van der Waals surface area (Å²) in [5, 5.41) is 43.1. The average molecular weight is 430 g/mol. The number of nitrogens with one attached hydrogen (secondary N) is 2. The average Bonchev–Trinajstić information content (AvgIpc) is 3.35. The second kappa shape index (κ2) is 9.63. The fraction of sp³-hybridized carbons (Fsp3) is 0.381. The van der Waals surface area contributed by atoms with Gasteiger partial charge in [0.25, 0.3) is 5.91 Å². The van der Waals surface area contributed by atoms with Gasteiger partial charge >= 0.3 is 0 Å². The van der Waals surface area contributed by atoms with Gasteiger partial charge in [0.15, 0.2) is 17.2 Å². The highest BCUT2D eigenvalue weighted by molar-refractivity contribution is 6.01. The van der Waals surface area contributed by atoms with Crippen LogP contribution in [0.25, 0.3) is 22.6 Å². The molecular formula is C21H26N4O6. The minimum Gasteiger partial charge on any atom is -0.508 e. The predicted molar refractivity (Wildman–Crippen MR) is 112 cm³/mol. The summed E-state index contributed by atoms with van der Waals surface area (Å²) in [5.74, 6) is -0.415. The fourth-order valence-electron chi connectivity index (χ4n) is 3.15. The van der Waals surface area contributed by atoms with Crippen LogP contribution >= 0.6 is 0 Å². The Morgan fingerprint density at radius 3 is 2.58 bits per heavy atom. The zero-order valence-electron chi connectivity index (χ0n) is 17.6. The first-order valence-electron chi connectivity index (χ1n) is 9.98. The Labute approximate surface area is 178 Å². The van der Waals surface area contributed by atoms with E-state index in [2.05, 4.69) is 20.9 Å². The lowest BCUT2D eigenvalue weighted by atomic mass is 9.95. The molecule has 0 bridgehead atoms. The van der Waals surface area contributed by atoms with Crippen LogP contribution < -0.4 is 10.6 Å². The number of benzene rings is 1. The van der Waals surface area contributed by atoms with Gasteiger partial charge in [-0.25, -0.2) is 0 Å². The number of hydrogen-bond acceptors (Lipinski definition) is 9. The first kappa shape index (κ1) is 22.3. The maximum absolute atomic E-state index is 12.6. The number of nitrogens with zero attached hydrogens (tertiary/aromatic N) is 2. The number of amides is 1. The van der Waals surface area contributed by atoms with Crippen LogP contribution in [0.15, 0.2) is 27.2 Å². The van der Waals surface area contributed by atoms with E-state index in [4.69, 9.17) is 14.2 Å². The minimum absolute atomic E-state index is 0.0126. The van der Waals surface area contributed by atoms with Crippen LogP contribution in [0.5, 0.6) is 11.5 Å². The Bertz CT molecular complexity index is 1060. The number of rotatable bonds is 9. The van der Waals surface area contributed by atoms with E-state index in [-0.39, 0.29) is 52.4 Å². The maximum Gasteiger partial charge on any atom is 0.274 e. The lowest BCUT2D eigenvalue weighted by Gasteiger charge is -2.11. The molecule has 0 fully saturated rings. The normalized spacial score (nSPS) is 11.3. The summed E-state index contributed by atoms with van der Waals surface area (Å²) in [5.41, 5.74) is 1.64. The SMILES string of the molecule is CCNC(=O)c1noc(-c2cc(C(C)C)c(O)cc2O)c1-c1cc(CNCCO)no1. The minimum atomic E-state index is -0.466. The number of aromatic hydroxyl groups is 2. The molecule has 5 N–H and O–H groups in total. The molecule has 0 saturated heterocycles. The summed E-state index contributed by atoms with van der Waals surface area (Å²) in [6, 6.07) is 4.46. The second-order valence-corrected chi connectivity index (χ2v) is 7.26. The van der Waals surface area contributed by atoms with Crippen LogP contribution in [-0.4, -0.2) is 51.2 Å². The summed E-state index contributed by atoms with van der Waals surface area (Å²) in [4.78, 5) is 12.6. The number of hydrogen-bond donors (Lipinski definition) is 5. The molecular weight excluding hydrogens is 404 g/mol. The third-order valence-corrected chi connectivity index (χ3v) is 4.66. The first-order valence-corrected chi connectivity index (χ1v) is 9.98. The van der Waals surface area contributed by atoms with Crippen molar-refractivity contribution >= 4 is 5.91 Å². The molecule has 166 valence electrons. The van der Waals surface area contributed by atoms with Crippen molar-refractivity contribution in [1.29, 1.82) is 0 Å². The Kier molecular flexibility index (Phi) is 6.93. The van der Waals surface area contributed by atoms with E-state index in [9.17, 15) is 15.0 Å². The molecule has 10 nitrogen and oxygen atoms in total. The van der Waals surface area contributed by atoms with Crippen LogP contribution in [0.2, 0.25) is 0 Å². The van der Waals surface area contributed by atoms with E-state index in [1.54, 1.807) is 19.1 Å². The van der Waals surface area contributed by atoms with Crippen LogP contribution in [0.1, 0.15) is 48.4 Å². The molecule has 0 atom stereocenters. The van der Waals surface area contributed by atoms with Gasteiger partial charge in [0.1, 0.15) is 17.1 Å². The fourth-order valence-corrected chi connectivity index (χ4v) is 3.15. The predicted octanol–water partition coefficient (Wildman–Crippen LogP) is 2.36. The standard InChI is InChI=1S/C21H26N4O6/c1-4-23-21(29)19-18(17-7-12(24-30-17)10-22-5-6-26)20(31-25-19)14-8-13(11(2)3)15(27)9-16(14)28/h7-9,11,22,26-28H,4-6,10H2,1-3H3,(H,23,29). The van der Waals surface area contributed by atoms with Gasteiger partial charge in [-0.15, -0.1) is 0 Å². The largest absolute Gasteiger partial charge is 0.508 e. The van der Waals surface area contributed by atoms with Gasteiger partial charge < -0.3 is 35.0 Å². The number of phenolic OH excluding ortho intramolecular Hbond substituents is 2. The molecule has 3 rings (SSSR count). The number of carbonyl (C=O) groups excluding carboxylic acids is 1. The third-order valence-electron chi connectivity index (χ3n) is 4.66. The lowest BCUT2D eigenvalue weighted by Crippen LogP contribution is -2.23. The van der Waals surface area contributed by atoms with Gasteiger partial charge in [0.05, 0.1) is 17.9 Å². The van der Waals surface area contributed by atoms with E-state index >= 15 is 0 Å². The topological polar surface area (TPSA) is 154 Å². The van der Waals surface area contributed by atoms with E-state index in [1.165, 1.54) is 6.07 Å². The molecule has 2 aromatic heterocycles. The van der Waals surface area contributed by atoms with Crippen molar-refractivity contribution < 1.29 is 29.2 Å². The van der Waals surface area contributed by atoms with Crippen molar-refractivity contribution in [3.05, 3.63) is 35.2 Å². The molecule has 2 heterocycles. The van der Waals surface area contributed by atoms with E-state index in [0.717, 1.165) is 0 Å². The third kappa shape index (κ3) is 4.70. The number of aliphatic hydroxyl groups is 1. The Balaban J connectivity index is 2.13. The molecule has 0 aliphatic heterocycles. The second-order valence-electron chi connectivity index (χ2n) is 7.26. The first-order chi connectivity index (χ1) is 14.9. The van der Waals surface area contributed by atoms with Crippen LogP contribution in [-0.2, 0) is 6.54 Å². The molecule has 0 spiro atoms. The van der Waals surface area contributed by atoms with Crippen molar-refractivity contribution in [2.45, 2.75) is 33.2 Å². The van der Waals surface area contributed by atoms with Crippen LogP contribution in [0, 0.1) is 0 Å². The van der Waals surface area contributed by atoms with Crippen molar-refractivity contribution in [2.75, 3.05) is 19.7 Å². The molecule has 31 heavy (non-hydrogen) atoms. The highest BCUT2D eigenvalue weighted by Crippen LogP contribution is 2.43. The lowest BCUT2D eigenvalue weighted by molar-refractivity contribution is 0.0947. The smallest absolute Gasteiger partial charge is 0.274 e. The van der Waals surface area contributed by atoms with Gasteiger partial charge in [-0.2, -0.15) is 0 Å². The van der Waals surface area contributed by atoms with Crippen molar-refractivity contribution in [1.82, 2.24) is 20.9 Å². The van der Waals surface area contributed by atoms with E-state index in [0.29, 0.717) is 30.9 Å². The molecule has 10 heteroatoms.